The van der Waals surface area contributed by atoms with Gasteiger partial charge in [-0.3, -0.25) is 0 Å². The monoisotopic (exact) mass is 413 g/mol. The van der Waals surface area contributed by atoms with Crippen molar-refractivity contribution in [3.05, 3.63) is 22.4 Å². The molecule has 0 radical (unpaired) electrons. The van der Waals surface area contributed by atoms with Gasteiger partial charge in [-0.05, 0) is 55.8 Å². The predicted octanol–water partition coefficient (Wildman–Crippen LogP) is 3.08. The molecule has 0 bridgehead atoms. The molecular formula is C17H24BrN3O4. The van der Waals surface area contributed by atoms with Crippen LogP contribution in [0.2, 0.25) is 0 Å². The van der Waals surface area contributed by atoms with Gasteiger partial charge in [-0.2, -0.15) is 0 Å². The van der Waals surface area contributed by atoms with Gasteiger partial charge >= 0.3 is 12.1 Å². The molecule has 1 aromatic rings. The van der Waals surface area contributed by atoms with E-state index in [1.165, 1.54) is 7.11 Å². The summed E-state index contributed by atoms with van der Waals surface area (Å²) in [5, 5.41) is 0. The Bertz CT molecular complexity index is 660. The summed E-state index contributed by atoms with van der Waals surface area (Å²) in [6.45, 7) is 9.42. The van der Waals surface area contributed by atoms with Crippen LogP contribution in [0.5, 0.6) is 0 Å². The van der Waals surface area contributed by atoms with Crippen LogP contribution in [0.25, 0.3) is 0 Å². The minimum Gasteiger partial charge on any atom is -0.464 e. The van der Waals surface area contributed by atoms with Crippen molar-refractivity contribution in [1.29, 1.82) is 0 Å². The van der Waals surface area contributed by atoms with Crippen LogP contribution in [0.3, 0.4) is 0 Å². The van der Waals surface area contributed by atoms with Crippen molar-refractivity contribution >= 4 is 33.7 Å². The Hall–Kier alpha value is -1.83. The second-order valence-corrected chi connectivity index (χ2v) is 7.72. The molecule has 1 atom stereocenters. The molecule has 0 aliphatic carbocycles. The summed E-state index contributed by atoms with van der Waals surface area (Å²) in [5.41, 5.74) is 0.617. The summed E-state index contributed by atoms with van der Waals surface area (Å²) < 4.78 is 10.7. The number of rotatable bonds is 2. The summed E-state index contributed by atoms with van der Waals surface area (Å²) in [6, 6.07) is 3.46. The molecule has 1 amide bonds. The topological polar surface area (TPSA) is 72.0 Å². The third-order valence-corrected chi connectivity index (χ3v) is 4.40. The Kier molecular flexibility index (Phi) is 5.92. The van der Waals surface area contributed by atoms with E-state index in [1.807, 2.05) is 33.8 Å². The van der Waals surface area contributed by atoms with Gasteiger partial charge in [0.15, 0.2) is 0 Å². The highest BCUT2D eigenvalue weighted by atomic mass is 79.9. The Morgan fingerprint density at radius 2 is 1.96 bits per heavy atom. The van der Waals surface area contributed by atoms with Crippen LogP contribution < -0.4 is 4.90 Å². The standard InChI is InChI=1S/C17H24BrN3O4/c1-11-10-20(8-9-21(11)16(23)25-17(2,3)4)13-7-6-12(15(22)24-5)19-14(13)18/h6-7,11H,8-10H2,1-5H3/t11-/m0/s1. The van der Waals surface area contributed by atoms with Crippen molar-refractivity contribution in [3.8, 4) is 0 Å². The quantitative estimate of drug-likeness (QED) is 0.547. The van der Waals surface area contributed by atoms with Crippen LogP contribution in [0.4, 0.5) is 10.5 Å². The van der Waals surface area contributed by atoms with Gasteiger partial charge in [0.1, 0.15) is 15.9 Å². The van der Waals surface area contributed by atoms with Gasteiger partial charge in [-0.25, -0.2) is 14.6 Å². The van der Waals surface area contributed by atoms with E-state index in [0.717, 1.165) is 5.69 Å². The fourth-order valence-corrected chi connectivity index (χ4v) is 3.22. The molecule has 138 valence electrons. The average molecular weight is 414 g/mol. The minimum absolute atomic E-state index is 0.00390. The van der Waals surface area contributed by atoms with Crippen molar-refractivity contribution in [2.45, 2.75) is 39.3 Å². The number of pyridine rings is 1. The molecule has 0 saturated carbocycles. The molecule has 8 heteroatoms. The number of nitrogens with zero attached hydrogens (tertiary/aromatic N) is 3. The molecule has 0 aromatic carbocycles. The molecule has 0 unspecified atom stereocenters. The SMILES string of the molecule is COC(=O)c1ccc(N2CCN(C(=O)OC(C)(C)C)[C@@H](C)C2)c(Br)n1. The number of carbonyl (C=O) groups is 2. The molecule has 0 N–H and O–H groups in total. The van der Waals surface area contributed by atoms with E-state index >= 15 is 0 Å². The molecule has 25 heavy (non-hydrogen) atoms. The van der Waals surface area contributed by atoms with Gasteiger partial charge in [0.25, 0.3) is 0 Å². The van der Waals surface area contributed by atoms with Crippen LogP contribution in [0, 0.1) is 0 Å². The predicted molar refractivity (Wildman–Crippen MR) is 97.9 cm³/mol. The van der Waals surface area contributed by atoms with Gasteiger partial charge in [-0.1, -0.05) is 0 Å². The van der Waals surface area contributed by atoms with Gasteiger partial charge in [0, 0.05) is 25.7 Å². The summed E-state index contributed by atoms with van der Waals surface area (Å²) in [4.78, 5) is 32.0. The number of halogens is 1. The van der Waals surface area contributed by atoms with E-state index in [0.29, 0.717) is 24.2 Å². The molecule has 2 heterocycles. The number of hydrogen-bond acceptors (Lipinski definition) is 6. The van der Waals surface area contributed by atoms with E-state index < -0.39 is 11.6 Å². The summed E-state index contributed by atoms with van der Waals surface area (Å²) in [7, 11) is 1.32. The molecular weight excluding hydrogens is 390 g/mol. The summed E-state index contributed by atoms with van der Waals surface area (Å²) in [6.07, 6.45) is -0.294. The highest BCUT2D eigenvalue weighted by Crippen LogP contribution is 2.27. The van der Waals surface area contributed by atoms with Gasteiger partial charge in [0.05, 0.1) is 12.8 Å². The summed E-state index contributed by atoms with van der Waals surface area (Å²) >= 11 is 3.42. The number of amides is 1. The largest absolute Gasteiger partial charge is 0.464 e. The maximum Gasteiger partial charge on any atom is 0.410 e. The zero-order chi connectivity index (χ0) is 18.8. The average Bonchev–Trinajstić information content (AvgIpc) is 2.52. The first kappa shape index (κ1) is 19.5. The molecule has 1 aromatic heterocycles. The van der Waals surface area contributed by atoms with Gasteiger partial charge in [-0.15, -0.1) is 0 Å². The Morgan fingerprint density at radius 3 is 2.48 bits per heavy atom. The lowest BCUT2D eigenvalue weighted by atomic mass is 10.1. The lowest BCUT2D eigenvalue weighted by Crippen LogP contribution is -2.55. The van der Waals surface area contributed by atoms with E-state index in [4.69, 9.17) is 4.74 Å². The summed E-state index contributed by atoms with van der Waals surface area (Å²) in [5.74, 6) is -0.477. The van der Waals surface area contributed by atoms with Crippen molar-refractivity contribution in [1.82, 2.24) is 9.88 Å². The lowest BCUT2D eigenvalue weighted by molar-refractivity contribution is 0.0158. The second-order valence-electron chi connectivity index (χ2n) is 6.97. The fourth-order valence-electron chi connectivity index (χ4n) is 2.65. The van der Waals surface area contributed by atoms with Crippen molar-refractivity contribution < 1.29 is 19.1 Å². The van der Waals surface area contributed by atoms with Crippen molar-refractivity contribution in [2.24, 2.45) is 0 Å². The molecule has 0 spiro atoms. The Balaban J connectivity index is 2.08. The third kappa shape index (κ3) is 4.84. The maximum absolute atomic E-state index is 12.3. The first-order chi connectivity index (χ1) is 11.6. The number of ether oxygens (including phenoxy) is 2. The molecule has 1 aliphatic rings. The van der Waals surface area contributed by atoms with Gasteiger partial charge in [0.2, 0.25) is 0 Å². The second kappa shape index (κ2) is 7.59. The molecule has 1 aliphatic heterocycles. The molecule has 2 rings (SSSR count). The Morgan fingerprint density at radius 1 is 1.28 bits per heavy atom. The number of aromatic nitrogens is 1. The third-order valence-electron chi connectivity index (χ3n) is 3.82. The van der Waals surface area contributed by atoms with E-state index in [2.05, 4.69) is 30.6 Å². The van der Waals surface area contributed by atoms with E-state index in [1.54, 1.807) is 11.0 Å². The van der Waals surface area contributed by atoms with Crippen LogP contribution in [0.1, 0.15) is 38.2 Å². The van der Waals surface area contributed by atoms with E-state index in [9.17, 15) is 9.59 Å². The normalized spacial score (nSPS) is 18.1. The molecule has 7 nitrogen and oxygen atoms in total. The minimum atomic E-state index is -0.509. The van der Waals surface area contributed by atoms with Crippen molar-refractivity contribution in [3.63, 3.8) is 0 Å². The number of esters is 1. The van der Waals surface area contributed by atoms with Crippen LogP contribution in [-0.4, -0.2) is 60.3 Å². The zero-order valence-electron chi connectivity index (χ0n) is 15.2. The number of carbonyl (C=O) groups excluding carboxylic acids is 2. The highest BCUT2D eigenvalue weighted by molar-refractivity contribution is 9.10. The number of methoxy groups -OCH3 is 1. The molecule has 1 fully saturated rings. The number of piperazine rings is 1. The van der Waals surface area contributed by atoms with Crippen molar-refractivity contribution in [2.75, 3.05) is 31.6 Å². The van der Waals surface area contributed by atoms with Gasteiger partial charge < -0.3 is 19.3 Å². The highest BCUT2D eigenvalue weighted by Gasteiger charge is 2.31. The van der Waals surface area contributed by atoms with Crippen LogP contribution in [-0.2, 0) is 9.47 Å². The number of anilines is 1. The lowest BCUT2D eigenvalue weighted by Gasteiger charge is -2.41. The van der Waals surface area contributed by atoms with Crippen LogP contribution in [0.15, 0.2) is 16.7 Å². The van der Waals surface area contributed by atoms with Crippen LogP contribution >= 0.6 is 15.9 Å². The first-order valence-corrected chi connectivity index (χ1v) is 8.91. The zero-order valence-corrected chi connectivity index (χ0v) is 16.8. The molecule has 1 saturated heterocycles. The fraction of sp³-hybridized carbons (Fsp3) is 0.588. The van der Waals surface area contributed by atoms with E-state index in [-0.39, 0.29) is 17.8 Å². The number of hydrogen-bond donors (Lipinski definition) is 0. The smallest absolute Gasteiger partial charge is 0.410 e. The first-order valence-electron chi connectivity index (χ1n) is 8.12. The Labute approximate surface area is 156 Å². The maximum atomic E-state index is 12.3.